The number of aromatic nitrogens is 4. The van der Waals surface area contributed by atoms with Crippen molar-refractivity contribution in [1.82, 2.24) is 19.5 Å². The summed E-state index contributed by atoms with van der Waals surface area (Å²) < 4.78 is 8.70. The molecule has 7 aromatic carbocycles. The molecule has 0 radical (unpaired) electrons. The molecule has 0 saturated heterocycles. The topological polar surface area (TPSA) is 56.7 Å². The van der Waals surface area contributed by atoms with Gasteiger partial charge in [-0.1, -0.05) is 141 Å². The fourth-order valence-corrected chi connectivity index (χ4v) is 8.60. The molecule has 3 heterocycles. The van der Waals surface area contributed by atoms with Gasteiger partial charge >= 0.3 is 0 Å². The van der Waals surface area contributed by atoms with Crippen LogP contribution in [0.3, 0.4) is 0 Å². The lowest BCUT2D eigenvalue weighted by atomic mass is 9.82. The van der Waals surface area contributed by atoms with Crippen molar-refractivity contribution < 1.29 is 4.42 Å². The zero-order chi connectivity index (χ0) is 35.3. The number of hydrogen-bond acceptors (Lipinski definition) is 4. The van der Waals surface area contributed by atoms with Gasteiger partial charge in [0.25, 0.3) is 0 Å². The predicted octanol–water partition coefficient (Wildman–Crippen LogP) is 12.2. The Hall–Kier alpha value is -6.85. The molecular formula is C48H32N4O. The summed E-state index contributed by atoms with van der Waals surface area (Å²) in [5.41, 5.74) is 13.0. The van der Waals surface area contributed by atoms with E-state index in [1.165, 1.54) is 38.5 Å². The van der Waals surface area contributed by atoms with Crippen molar-refractivity contribution in [3.8, 4) is 51.0 Å². The molecule has 0 aliphatic heterocycles. The summed E-state index contributed by atoms with van der Waals surface area (Å²) in [6.45, 7) is 4.68. The highest BCUT2D eigenvalue weighted by molar-refractivity contribution is 6.16. The van der Waals surface area contributed by atoms with E-state index in [-0.39, 0.29) is 5.41 Å². The maximum absolute atomic E-state index is 6.26. The molecule has 1 aliphatic carbocycles. The average Bonchev–Trinajstić information content (AvgIpc) is 3.84. The normalized spacial score (nSPS) is 13.2. The molecule has 0 fully saturated rings. The third-order valence-corrected chi connectivity index (χ3v) is 11.1. The van der Waals surface area contributed by atoms with E-state index in [1.807, 2.05) is 60.7 Å². The second-order valence-corrected chi connectivity index (χ2v) is 14.4. The van der Waals surface area contributed by atoms with Crippen LogP contribution < -0.4 is 0 Å². The molecule has 0 spiro atoms. The number of hydrogen-bond donors (Lipinski definition) is 0. The van der Waals surface area contributed by atoms with E-state index in [0.717, 1.165) is 49.8 Å². The lowest BCUT2D eigenvalue weighted by Gasteiger charge is -2.21. The Morgan fingerprint density at radius 1 is 0.491 bits per heavy atom. The van der Waals surface area contributed by atoms with Crippen LogP contribution in [-0.4, -0.2) is 19.5 Å². The Morgan fingerprint density at radius 2 is 1.15 bits per heavy atom. The molecule has 0 N–H and O–H groups in total. The third kappa shape index (κ3) is 4.34. The van der Waals surface area contributed by atoms with Crippen molar-refractivity contribution in [2.45, 2.75) is 19.3 Å². The van der Waals surface area contributed by atoms with Gasteiger partial charge in [0.15, 0.2) is 17.5 Å². The molecule has 10 aromatic rings. The van der Waals surface area contributed by atoms with Gasteiger partial charge in [0.2, 0.25) is 0 Å². The van der Waals surface area contributed by atoms with E-state index >= 15 is 0 Å². The SMILES string of the molecule is CC1(C)c2ccccc2-c2c1ccc1c3ccccc3n(-c3cccc(-c4nc(-c5ccccc5)nc(-c5cccc6oc7ccccc7c56)n4)c3)c21. The molecule has 0 atom stereocenters. The highest BCUT2D eigenvalue weighted by Crippen LogP contribution is 2.53. The van der Waals surface area contributed by atoms with Crippen LogP contribution in [0.15, 0.2) is 162 Å². The van der Waals surface area contributed by atoms with Gasteiger partial charge in [-0.3, -0.25) is 0 Å². The standard InChI is InChI=1S/C48H32N4O/c1-48(2)37-22-9-6-19-34(37)43-38(48)27-26-33-32-18-7-10-23-39(32)52(44(33)43)31-17-12-16-30(28-31)46-49-45(29-14-4-3-5-15-29)50-47(51-46)36-21-13-25-41-42(36)35-20-8-11-24-40(35)53-41/h3-28H,1-2H3. The Bertz CT molecular complexity index is 3100. The number of benzene rings is 7. The van der Waals surface area contributed by atoms with Crippen molar-refractivity contribution in [2.75, 3.05) is 0 Å². The van der Waals surface area contributed by atoms with Gasteiger partial charge in [0, 0.05) is 54.9 Å². The first-order chi connectivity index (χ1) is 26.0. The second kappa shape index (κ2) is 11.1. The summed E-state index contributed by atoms with van der Waals surface area (Å²) >= 11 is 0. The number of para-hydroxylation sites is 2. The van der Waals surface area contributed by atoms with Crippen LogP contribution in [0.2, 0.25) is 0 Å². The summed E-state index contributed by atoms with van der Waals surface area (Å²) in [4.78, 5) is 15.4. The van der Waals surface area contributed by atoms with Crippen LogP contribution in [0.4, 0.5) is 0 Å². The highest BCUT2D eigenvalue weighted by atomic mass is 16.3. The second-order valence-electron chi connectivity index (χ2n) is 14.4. The van der Waals surface area contributed by atoms with E-state index in [9.17, 15) is 0 Å². The minimum absolute atomic E-state index is 0.110. The molecule has 3 aromatic heterocycles. The van der Waals surface area contributed by atoms with Crippen LogP contribution in [0.1, 0.15) is 25.0 Å². The van der Waals surface area contributed by atoms with Crippen LogP contribution >= 0.6 is 0 Å². The zero-order valence-electron chi connectivity index (χ0n) is 29.2. The minimum atomic E-state index is -0.110. The molecule has 0 amide bonds. The van der Waals surface area contributed by atoms with Crippen molar-refractivity contribution in [1.29, 1.82) is 0 Å². The van der Waals surface area contributed by atoms with Crippen LogP contribution in [-0.2, 0) is 5.41 Å². The number of rotatable bonds is 4. The molecule has 0 saturated carbocycles. The first kappa shape index (κ1) is 29.8. The maximum atomic E-state index is 6.26. The summed E-state index contributed by atoms with van der Waals surface area (Å²) in [6, 6.07) is 55.2. The minimum Gasteiger partial charge on any atom is -0.456 e. The maximum Gasteiger partial charge on any atom is 0.164 e. The van der Waals surface area contributed by atoms with Crippen molar-refractivity contribution in [3.05, 3.63) is 169 Å². The van der Waals surface area contributed by atoms with E-state index < -0.39 is 0 Å². The average molecular weight is 681 g/mol. The van der Waals surface area contributed by atoms with Crippen LogP contribution in [0.25, 0.3) is 94.7 Å². The summed E-state index contributed by atoms with van der Waals surface area (Å²) in [5.74, 6) is 1.83. The monoisotopic (exact) mass is 680 g/mol. The van der Waals surface area contributed by atoms with Gasteiger partial charge in [-0.2, -0.15) is 0 Å². The highest BCUT2D eigenvalue weighted by Gasteiger charge is 2.37. The molecule has 5 heteroatoms. The quantitative estimate of drug-likeness (QED) is 0.186. The molecular weight excluding hydrogens is 649 g/mol. The Labute approximate surface area is 305 Å². The van der Waals surface area contributed by atoms with Gasteiger partial charge in [0.1, 0.15) is 11.2 Å². The molecule has 0 unspecified atom stereocenters. The number of fused-ring (bicyclic) bond motifs is 10. The Balaban J connectivity index is 1.17. The Morgan fingerprint density at radius 3 is 2.04 bits per heavy atom. The van der Waals surface area contributed by atoms with Gasteiger partial charge in [0.05, 0.1) is 11.0 Å². The van der Waals surface area contributed by atoms with Crippen LogP contribution in [0.5, 0.6) is 0 Å². The van der Waals surface area contributed by atoms with Gasteiger partial charge < -0.3 is 8.98 Å². The molecule has 53 heavy (non-hydrogen) atoms. The smallest absolute Gasteiger partial charge is 0.164 e. The van der Waals surface area contributed by atoms with E-state index in [2.05, 4.69) is 115 Å². The third-order valence-electron chi connectivity index (χ3n) is 11.1. The van der Waals surface area contributed by atoms with E-state index in [0.29, 0.717) is 17.5 Å². The van der Waals surface area contributed by atoms with E-state index in [4.69, 9.17) is 19.4 Å². The fourth-order valence-electron chi connectivity index (χ4n) is 8.60. The van der Waals surface area contributed by atoms with Gasteiger partial charge in [-0.25, -0.2) is 15.0 Å². The lowest BCUT2D eigenvalue weighted by molar-refractivity contribution is 0.661. The molecule has 250 valence electrons. The largest absolute Gasteiger partial charge is 0.456 e. The van der Waals surface area contributed by atoms with Gasteiger partial charge in [-0.05, 0) is 47.0 Å². The van der Waals surface area contributed by atoms with Crippen molar-refractivity contribution in [2.24, 2.45) is 0 Å². The fraction of sp³-hybridized carbons (Fsp3) is 0.0625. The predicted molar refractivity (Wildman–Crippen MR) is 215 cm³/mol. The van der Waals surface area contributed by atoms with Gasteiger partial charge in [-0.15, -0.1) is 0 Å². The molecule has 11 rings (SSSR count). The summed E-state index contributed by atoms with van der Waals surface area (Å²) in [5, 5.41) is 4.50. The summed E-state index contributed by atoms with van der Waals surface area (Å²) in [6.07, 6.45) is 0. The zero-order valence-corrected chi connectivity index (χ0v) is 29.2. The Kier molecular flexibility index (Phi) is 6.23. The molecule has 1 aliphatic rings. The first-order valence-corrected chi connectivity index (χ1v) is 18.0. The lowest BCUT2D eigenvalue weighted by Crippen LogP contribution is -2.14. The molecule has 0 bridgehead atoms. The van der Waals surface area contributed by atoms with Crippen molar-refractivity contribution in [3.63, 3.8) is 0 Å². The van der Waals surface area contributed by atoms with Crippen molar-refractivity contribution >= 4 is 43.7 Å². The van der Waals surface area contributed by atoms with E-state index in [1.54, 1.807) is 0 Å². The molecule has 5 nitrogen and oxygen atoms in total. The first-order valence-electron chi connectivity index (χ1n) is 18.0. The number of furan rings is 1. The van der Waals surface area contributed by atoms with Crippen LogP contribution in [0, 0.1) is 0 Å². The number of nitrogens with zero attached hydrogens (tertiary/aromatic N) is 4. The summed E-state index contributed by atoms with van der Waals surface area (Å²) in [7, 11) is 0.